The van der Waals surface area contributed by atoms with Crippen LogP contribution in [0.1, 0.15) is 17.9 Å². The molecule has 0 spiro atoms. The molecule has 3 aromatic rings. The molecule has 1 aromatic heterocycles. The summed E-state index contributed by atoms with van der Waals surface area (Å²) in [6, 6.07) is 15.8. The number of nitrogens with zero attached hydrogens (tertiary/aromatic N) is 2. The van der Waals surface area contributed by atoms with Crippen molar-refractivity contribution in [2.75, 3.05) is 6.54 Å². The summed E-state index contributed by atoms with van der Waals surface area (Å²) in [6.45, 7) is 0.429. The van der Waals surface area contributed by atoms with Crippen molar-refractivity contribution in [3.63, 3.8) is 0 Å². The third kappa shape index (κ3) is 4.97. The average molecular weight is 339 g/mol. The second-order valence-corrected chi connectivity index (χ2v) is 5.60. The minimum Gasteiger partial charge on any atom is -0.356 e. The zero-order valence-electron chi connectivity index (χ0n) is 13.6. The van der Waals surface area contributed by atoms with Gasteiger partial charge in [-0.1, -0.05) is 35.5 Å². The third-order valence-electron chi connectivity index (χ3n) is 3.72. The summed E-state index contributed by atoms with van der Waals surface area (Å²) in [7, 11) is 0. The van der Waals surface area contributed by atoms with Gasteiger partial charge in [-0.05, 0) is 36.2 Å². The highest BCUT2D eigenvalue weighted by atomic mass is 19.1. The molecule has 0 radical (unpaired) electrons. The van der Waals surface area contributed by atoms with Gasteiger partial charge in [0.1, 0.15) is 5.82 Å². The number of aryl methyl sites for hydroxylation is 1. The monoisotopic (exact) mass is 339 g/mol. The Morgan fingerprint density at radius 1 is 1.04 bits per heavy atom. The summed E-state index contributed by atoms with van der Waals surface area (Å²) < 4.78 is 18.1. The van der Waals surface area contributed by atoms with Crippen molar-refractivity contribution in [3.8, 4) is 11.4 Å². The number of amides is 1. The van der Waals surface area contributed by atoms with Crippen LogP contribution in [-0.4, -0.2) is 22.6 Å². The van der Waals surface area contributed by atoms with Crippen LogP contribution in [0.3, 0.4) is 0 Å². The Labute approximate surface area is 144 Å². The Bertz CT molecular complexity index is 816. The molecule has 3 rings (SSSR count). The molecule has 0 unspecified atom stereocenters. The number of benzene rings is 2. The lowest BCUT2D eigenvalue weighted by atomic mass is 10.1. The van der Waals surface area contributed by atoms with Crippen LogP contribution in [0.2, 0.25) is 0 Å². The van der Waals surface area contributed by atoms with Gasteiger partial charge in [0.15, 0.2) is 0 Å². The Hall–Kier alpha value is -3.02. The van der Waals surface area contributed by atoms with Crippen LogP contribution < -0.4 is 5.32 Å². The van der Waals surface area contributed by atoms with Crippen LogP contribution in [-0.2, 0) is 17.6 Å². The Morgan fingerprint density at radius 2 is 1.80 bits per heavy atom. The lowest BCUT2D eigenvalue weighted by Crippen LogP contribution is -2.25. The number of hydrogen-bond donors (Lipinski definition) is 1. The van der Waals surface area contributed by atoms with Crippen molar-refractivity contribution in [2.24, 2.45) is 0 Å². The Kier molecular flexibility index (Phi) is 5.51. The maximum Gasteiger partial charge on any atom is 0.228 e. The van der Waals surface area contributed by atoms with Crippen LogP contribution in [0.25, 0.3) is 11.4 Å². The normalized spacial score (nSPS) is 10.6. The maximum absolute atomic E-state index is 12.9. The van der Waals surface area contributed by atoms with Crippen molar-refractivity contribution in [1.82, 2.24) is 15.5 Å². The topological polar surface area (TPSA) is 68.0 Å². The number of carbonyl (C=O) groups is 1. The van der Waals surface area contributed by atoms with E-state index in [1.807, 2.05) is 30.3 Å². The molecule has 128 valence electrons. The highest BCUT2D eigenvalue weighted by molar-refractivity contribution is 5.76. The Balaban J connectivity index is 1.43. The maximum atomic E-state index is 12.9. The summed E-state index contributed by atoms with van der Waals surface area (Å²) in [5.74, 6) is 0.515. The fraction of sp³-hybridized carbons (Fsp3) is 0.211. The summed E-state index contributed by atoms with van der Waals surface area (Å²) in [6.07, 6.45) is 1.60. The highest BCUT2D eigenvalue weighted by Gasteiger charge is 2.09. The molecule has 25 heavy (non-hydrogen) atoms. The minimum absolute atomic E-state index is 0.0119. The van der Waals surface area contributed by atoms with Gasteiger partial charge in [0.25, 0.3) is 0 Å². The first-order valence-corrected chi connectivity index (χ1v) is 8.10. The van der Waals surface area contributed by atoms with Gasteiger partial charge in [-0.2, -0.15) is 4.98 Å². The van der Waals surface area contributed by atoms with Gasteiger partial charge in [-0.3, -0.25) is 4.79 Å². The van der Waals surface area contributed by atoms with Gasteiger partial charge in [-0.25, -0.2) is 4.39 Å². The molecule has 5 nitrogen and oxygen atoms in total. The van der Waals surface area contributed by atoms with E-state index in [1.165, 1.54) is 12.1 Å². The quantitative estimate of drug-likeness (QED) is 0.718. The smallest absolute Gasteiger partial charge is 0.228 e. The van der Waals surface area contributed by atoms with E-state index >= 15 is 0 Å². The van der Waals surface area contributed by atoms with Crippen molar-refractivity contribution in [2.45, 2.75) is 19.3 Å². The summed E-state index contributed by atoms with van der Waals surface area (Å²) in [5.41, 5.74) is 1.82. The number of rotatable bonds is 7. The largest absolute Gasteiger partial charge is 0.356 e. The van der Waals surface area contributed by atoms with Crippen LogP contribution >= 0.6 is 0 Å². The molecule has 0 aliphatic heterocycles. The molecule has 1 heterocycles. The van der Waals surface area contributed by atoms with Crippen LogP contribution in [0.4, 0.5) is 4.39 Å². The van der Waals surface area contributed by atoms with Gasteiger partial charge in [0.05, 0.1) is 0 Å². The molecule has 0 fully saturated rings. The molecule has 6 heteroatoms. The number of nitrogens with one attached hydrogen (secondary N) is 1. The van der Waals surface area contributed by atoms with E-state index < -0.39 is 0 Å². The third-order valence-corrected chi connectivity index (χ3v) is 3.72. The zero-order chi connectivity index (χ0) is 17.5. The molecular weight excluding hydrogens is 321 g/mol. The molecule has 1 N–H and O–H groups in total. The zero-order valence-corrected chi connectivity index (χ0v) is 13.6. The van der Waals surface area contributed by atoms with Gasteiger partial charge >= 0.3 is 0 Å². The van der Waals surface area contributed by atoms with Gasteiger partial charge in [-0.15, -0.1) is 0 Å². The molecule has 0 saturated heterocycles. The van der Waals surface area contributed by atoms with Crippen LogP contribution in [0, 0.1) is 5.82 Å². The molecule has 2 aromatic carbocycles. The fourth-order valence-electron chi connectivity index (χ4n) is 2.37. The van der Waals surface area contributed by atoms with E-state index in [-0.39, 0.29) is 11.7 Å². The molecule has 0 aliphatic rings. The lowest BCUT2D eigenvalue weighted by molar-refractivity contribution is -0.121. The summed E-state index contributed by atoms with van der Waals surface area (Å²) >= 11 is 0. The summed E-state index contributed by atoms with van der Waals surface area (Å²) in [4.78, 5) is 16.1. The molecule has 0 atom stereocenters. The first-order chi connectivity index (χ1) is 12.2. The molecule has 0 saturated carbocycles. The van der Waals surface area contributed by atoms with Gasteiger partial charge in [0, 0.05) is 24.9 Å². The first kappa shape index (κ1) is 16.8. The van der Waals surface area contributed by atoms with E-state index in [9.17, 15) is 9.18 Å². The van der Waals surface area contributed by atoms with E-state index in [1.54, 1.807) is 12.1 Å². The van der Waals surface area contributed by atoms with Crippen LogP contribution in [0.5, 0.6) is 0 Å². The van der Waals surface area contributed by atoms with Crippen molar-refractivity contribution in [1.29, 1.82) is 0 Å². The number of halogens is 1. The molecule has 0 bridgehead atoms. The van der Waals surface area contributed by atoms with E-state index in [2.05, 4.69) is 15.5 Å². The van der Waals surface area contributed by atoms with Gasteiger partial charge in [0.2, 0.25) is 17.6 Å². The SMILES string of the molecule is O=C(CCc1ccccc1)NCCc1nc(-c2ccc(F)cc2)no1. The Morgan fingerprint density at radius 3 is 2.56 bits per heavy atom. The predicted octanol–water partition coefficient (Wildman–Crippen LogP) is 3.17. The van der Waals surface area contributed by atoms with Crippen molar-refractivity contribution >= 4 is 5.91 Å². The van der Waals surface area contributed by atoms with E-state index in [0.717, 1.165) is 5.56 Å². The van der Waals surface area contributed by atoms with E-state index in [4.69, 9.17) is 4.52 Å². The number of aromatic nitrogens is 2. The average Bonchev–Trinajstić information content (AvgIpc) is 3.10. The standard InChI is InChI=1S/C19H18FN3O2/c20-16-9-7-15(8-10-16)19-22-18(25-23-19)12-13-21-17(24)11-6-14-4-2-1-3-5-14/h1-5,7-10H,6,11-13H2,(H,21,24). The lowest BCUT2D eigenvalue weighted by Gasteiger charge is -2.03. The predicted molar refractivity (Wildman–Crippen MR) is 91.2 cm³/mol. The van der Waals surface area contributed by atoms with E-state index in [0.29, 0.717) is 43.1 Å². The number of carbonyl (C=O) groups excluding carboxylic acids is 1. The number of hydrogen-bond acceptors (Lipinski definition) is 4. The minimum atomic E-state index is -0.314. The summed E-state index contributed by atoms with van der Waals surface area (Å²) in [5, 5.41) is 6.71. The first-order valence-electron chi connectivity index (χ1n) is 8.10. The fourth-order valence-corrected chi connectivity index (χ4v) is 2.37. The molecule has 1 amide bonds. The second-order valence-electron chi connectivity index (χ2n) is 5.60. The highest BCUT2D eigenvalue weighted by Crippen LogP contribution is 2.16. The molecular formula is C19H18FN3O2. The van der Waals surface area contributed by atoms with Gasteiger partial charge < -0.3 is 9.84 Å². The van der Waals surface area contributed by atoms with Crippen molar-refractivity contribution in [3.05, 3.63) is 71.9 Å². The van der Waals surface area contributed by atoms with Crippen molar-refractivity contribution < 1.29 is 13.7 Å². The molecule has 0 aliphatic carbocycles. The second kappa shape index (κ2) is 8.19. The van der Waals surface area contributed by atoms with Crippen LogP contribution in [0.15, 0.2) is 59.1 Å².